The van der Waals surface area contributed by atoms with Gasteiger partial charge in [-0.2, -0.15) is 0 Å². The van der Waals surface area contributed by atoms with Crippen LogP contribution in [0.4, 0.5) is 0 Å². The average Bonchev–Trinajstić information content (AvgIpc) is 2.52. The van der Waals surface area contributed by atoms with E-state index in [0.717, 1.165) is 5.56 Å². The minimum Gasteiger partial charge on any atom is -0.459 e. The van der Waals surface area contributed by atoms with E-state index in [-0.39, 0.29) is 19.1 Å². The fourth-order valence-corrected chi connectivity index (χ4v) is 1.86. The summed E-state index contributed by atoms with van der Waals surface area (Å²) >= 11 is 5.95. The van der Waals surface area contributed by atoms with Gasteiger partial charge < -0.3 is 10.1 Å². The highest BCUT2D eigenvalue weighted by molar-refractivity contribution is 6.31. The summed E-state index contributed by atoms with van der Waals surface area (Å²) in [6.45, 7) is -0.0993. The third kappa shape index (κ3) is 4.61. The van der Waals surface area contributed by atoms with Gasteiger partial charge in [-0.25, -0.2) is 0 Å². The molecule has 0 spiro atoms. The zero-order valence-corrected chi connectivity index (χ0v) is 12.0. The van der Waals surface area contributed by atoms with Crippen molar-refractivity contribution in [2.75, 3.05) is 6.54 Å². The van der Waals surface area contributed by atoms with Crippen LogP contribution in [0, 0.1) is 0 Å². The third-order valence-electron chi connectivity index (χ3n) is 2.78. The van der Waals surface area contributed by atoms with Crippen LogP contribution < -0.4 is 5.32 Å². The molecule has 0 atom stereocenters. The highest BCUT2D eigenvalue weighted by Gasteiger charge is 2.09. The van der Waals surface area contributed by atoms with Crippen molar-refractivity contribution in [3.63, 3.8) is 0 Å². The first kappa shape index (κ1) is 15.1. The number of carbonyl (C=O) groups is 2. The van der Waals surface area contributed by atoms with E-state index in [1.165, 1.54) is 0 Å². The molecule has 0 heterocycles. The monoisotopic (exact) mass is 303 g/mol. The highest BCUT2D eigenvalue weighted by Crippen LogP contribution is 2.15. The second kappa shape index (κ2) is 7.45. The van der Waals surface area contributed by atoms with Gasteiger partial charge in [0.25, 0.3) is 5.91 Å². The number of ether oxygens (including phenoxy) is 1. The molecule has 2 aromatic carbocycles. The summed E-state index contributed by atoms with van der Waals surface area (Å²) in [5.74, 6) is -0.829. The lowest BCUT2D eigenvalue weighted by Gasteiger charge is -2.07. The van der Waals surface area contributed by atoms with Gasteiger partial charge in [0, 0.05) is 16.1 Å². The van der Waals surface area contributed by atoms with Gasteiger partial charge in [-0.1, -0.05) is 48.0 Å². The van der Waals surface area contributed by atoms with Crippen molar-refractivity contribution in [3.8, 4) is 0 Å². The molecular formula is C16H14ClNO3. The van der Waals surface area contributed by atoms with Crippen molar-refractivity contribution in [2.45, 2.75) is 6.61 Å². The van der Waals surface area contributed by atoms with Gasteiger partial charge in [0.15, 0.2) is 0 Å². The standard InChI is InChI=1S/C16H14ClNO3/c17-14-9-5-4-8-13(14)11-21-15(19)10-18-16(20)12-6-2-1-3-7-12/h1-9H,10-11H2,(H,18,20). The highest BCUT2D eigenvalue weighted by atomic mass is 35.5. The SMILES string of the molecule is O=C(CNC(=O)c1ccccc1)OCc1ccccc1Cl. The van der Waals surface area contributed by atoms with E-state index in [2.05, 4.69) is 5.32 Å². The zero-order chi connectivity index (χ0) is 15.1. The van der Waals surface area contributed by atoms with Crippen molar-refractivity contribution in [2.24, 2.45) is 0 Å². The first-order valence-corrected chi connectivity index (χ1v) is 6.77. The Hall–Kier alpha value is -2.33. The Morgan fingerprint density at radius 2 is 1.67 bits per heavy atom. The number of esters is 1. The predicted molar refractivity (Wildman–Crippen MR) is 80.0 cm³/mol. The Morgan fingerprint density at radius 1 is 1.00 bits per heavy atom. The van der Waals surface area contributed by atoms with E-state index in [0.29, 0.717) is 10.6 Å². The maximum absolute atomic E-state index is 11.7. The van der Waals surface area contributed by atoms with Crippen molar-refractivity contribution in [3.05, 3.63) is 70.7 Å². The van der Waals surface area contributed by atoms with Gasteiger partial charge in [0.2, 0.25) is 0 Å². The molecule has 0 aliphatic rings. The lowest BCUT2D eigenvalue weighted by Crippen LogP contribution is -2.30. The first-order valence-electron chi connectivity index (χ1n) is 6.39. The number of carbonyl (C=O) groups excluding carboxylic acids is 2. The molecule has 1 N–H and O–H groups in total. The number of rotatable bonds is 5. The summed E-state index contributed by atoms with van der Waals surface area (Å²) in [7, 11) is 0. The second-order valence-corrected chi connectivity index (χ2v) is 4.71. The Morgan fingerprint density at radius 3 is 2.38 bits per heavy atom. The number of halogens is 1. The van der Waals surface area contributed by atoms with Crippen LogP contribution in [0.25, 0.3) is 0 Å². The van der Waals surface area contributed by atoms with E-state index in [4.69, 9.17) is 16.3 Å². The van der Waals surface area contributed by atoms with Crippen LogP contribution in [0.5, 0.6) is 0 Å². The fourth-order valence-electron chi connectivity index (χ4n) is 1.67. The average molecular weight is 304 g/mol. The first-order chi connectivity index (χ1) is 10.2. The van der Waals surface area contributed by atoms with Crippen molar-refractivity contribution in [1.29, 1.82) is 0 Å². The van der Waals surface area contributed by atoms with E-state index >= 15 is 0 Å². The molecule has 0 saturated heterocycles. The summed E-state index contributed by atoms with van der Waals surface area (Å²) in [6, 6.07) is 15.8. The third-order valence-corrected chi connectivity index (χ3v) is 3.14. The lowest BCUT2D eigenvalue weighted by atomic mass is 10.2. The number of hydrogen-bond acceptors (Lipinski definition) is 3. The van der Waals surface area contributed by atoms with Gasteiger partial charge in [-0.05, 0) is 18.2 Å². The molecule has 4 nitrogen and oxygen atoms in total. The maximum atomic E-state index is 11.7. The van der Waals surface area contributed by atoms with Crippen molar-refractivity contribution >= 4 is 23.5 Å². The van der Waals surface area contributed by atoms with Crippen LogP contribution in [0.1, 0.15) is 15.9 Å². The number of amides is 1. The molecular weight excluding hydrogens is 290 g/mol. The molecule has 108 valence electrons. The molecule has 2 rings (SSSR count). The molecule has 0 aliphatic carbocycles. The largest absolute Gasteiger partial charge is 0.459 e. The fraction of sp³-hybridized carbons (Fsp3) is 0.125. The van der Waals surface area contributed by atoms with Crippen LogP contribution in [0.3, 0.4) is 0 Å². The topological polar surface area (TPSA) is 55.4 Å². The Bertz CT molecular complexity index is 628. The Labute approximate surface area is 127 Å². The molecule has 5 heteroatoms. The van der Waals surface area contributed by atoms with Gasteiger partial charge in [-0.3, -0.25) is 9.59 Å². The quantitative estimate of drug-likeness (QED) is 0.864. The van der Waals surface area contributed by atoms with Crippen LogP contribution in [-0.4, -0.2) is 18.4 Å². The van der Waals surface area contributed by atoms with Crippen LogP contribution in [0.2, 0.25) is 5.02 Å². The normalized spacial score (nSPS) is 9.95. The van der Waals surface area contributed by atoms with Gasteiger partial charge in [-0.15, -0.1) is 0 Å². The van der Waals surface area contributed by atoms with Gasteiger partial charge >= 0.3 is 5.97 Å². The summed E-state index contributed by atoms with van der Waals surface area (Å²) in [5, 5.41) is 3.04. The Kier molecular flexibility index (Phi) is 5.35. The van der Waals surface area contributed by atoms with E-state index in [1.54, 1.807) is 42.5 Å². The molecule has 0 aromatic heterocycles. The van der Waals surface area contributed by atoms with E-state index < -0.39 is 5.97 Å². The molecule has 1 amide bonds. The van der Waals surface area contributed by atoms with Crippen molar-refractivity contribution in [1.82, 2.24) is 5.32 Å². The molecule has 0 unspecified atom stereocenters. The Balaban J connectivity index is 1.78. The molecule has 21 heavy (non-hydrogen) atoms. The number of nitrogens with one attached hydrogen (secondary N) is 1. The van der Waals surface area contributed by atoms with Crippen LogP contribution in [-0.2, 0) is 16.1 Å². The molecule has 0 aliphatic heterocycles. The minimum atomic E-state index is -0.515. The van der Waals surface area contributed by atoms with Gasteiger partial charge in [0.05, 0.1) is 0 Å². The van der Waals surface area contributed by atoms with E-state index in [9.17, 15) is 9.59 Å². The lowest BCUT2D eigenvalue weighted by molar-refractivity contribution is -0.143. The predicted octanol–water partition coefficient (Wildman–Crippen LogP) is 2.81. The van der Waals surface area contributed by atoms with Crippen LogP contribution in [0.15, 0.2) is 54.6 Å². The maximum Gasteiger partial charge on any atom is 0.325 e. The zero-order valence-electron chi connectivity index (χ0n) is 11.2. The molecule has 2 aromatic rings. The second-order valence-electron chi connectivity index (χ2n) is 4.30. The number of hydrogen-bond donors (Lipinski definition) is 1. The van der Waals surface area contributed by atoms with Gasteiger partial charge in [0.1, 0.15) is 13.2 Å². The summed E-state index contributed by atoms with van der Waals surface area (Å²) in [6.07, 6.45) is 0. The minimum absolute atomic E-state index is 0.0830. The molecule has 0 bridgehead atoms. The summed E-state index contributed by atoms with van der Waals surface area (Å²) in [5.41, 5.74) is 1.22. The molecule has 0 saturated carbocycles. The van der Waals surface area contributed by atoms with Crippen LogP contribution >= 0.6 is 11.6 Å². The summed E-state index contributed by atoms with van der Waals surface area (Å²) in [4.78, 5) is 23.3. The molecule has 0 radical (unpaired) electrons. The summed E-state index contributed by atoms with van der Waals surface area (Å²) < 4.78 is 5.06. The number of benzene rings is 2. The van der Waals surface area contributed by atoms with Crippen molar-refractivity contribution < 1.29 is 14.3 Å². The molecule has 0 fully saturated rings. The van der Waals surface area contributed by atoms with E-state index in [1.807, 2.05) is 12.1 Å². The smallest absolute Gasteiger partial charge is 0.325 e.